The van der Waals surface area contributed by atoms with Gasteiger partial charge < -0.3 is 5.32 Å². The van der Waals surface area contributed by atoms with Gasteiger partial charge in [0, 0.05) is 11.9 Å². The number of amides is 1. The number of H-pyrrole nitrogens is 1. The van der Waals surface area contributed by atoms with Gasteiger partial charge in [0.1, 0.15) is 11.4 Å². The average molecular weight is 343 g/mol. The summed E-state index contributed by atoms with van der Waals surface area (Å²) >= 11 is 0. The molecule has 0 aliphatic heterocycles. The van der Waals surface area contributed by atoms with Crippen molar-refractivity contribution >= 4 is 21.6 Å². The number of sulfonamides is 1. The van der Waals surface area contributed by atoms with Gasteiger partial charge in [-0.1, -0.05) is 6.07 Å². The Balaban J connectivity index is 1.75. The highest BCUT2D eigenvalue weighted by molar-refractivity contribution is 7.89. The van der Waals surface area contributed by atoms with Crippen molar-refractivity contribution in [1.29, 1.82) is 0 Å². The summed E-state index contributed by atoms with van der Waals surface area (Å²) in [5.41, 5.74) is 1.88. The van der Waals surface area contributed by atoms with Gasteiger partial charge in [0.25, 0.3) is 5.91 Å². The molecule has 0 radical (unpaired) electrons. The molecule has 0 bridgehead atoms. The lowest BCUT2D eigenvalue weighted by molar-refractivity contribution is 0.102. The third-order valence-corrected chi connectivity index (χ3v) is 4.12. The maximum absolute atomic E-state index is 12.2. The van der Waals surface area contributed by atoms with E-state index in [0.717, 1.165) is 0 Å². The van der Waals surface area contributed by atoms with E-state index in [1.54, 1.807) is 24.4 Å². The zero-order valence-corrected chi connectivity index (χ0v) is 13.1. The highest BCUT2D eigenvalue weighted by atomic mass is 32.2. The molecule has 3 rings (SSSR count). The molecule has 0 atom stereocenters. The summed E-state index contributed by atoms with van der Waals surface area (Å²) in [6.07, 6.45) is 1.64. The Hall–Kier alpha value is -3.04. The minimum Gasteiger partial charge on any atom is -0.321 e. The molecule has 1 amide bonds. The number of pyridine rings is 1. The Morgan fingerprint density at radius 2 is 1.83 bits per heavy atom. The molecule has 0 saturated heterocycles. The molecule has 0 fully saturated rings. The Labute approximate surface area is 137 Å². The van der Waals surface area contributed by atoms with Crippen molar-refractivity contribution in [2.24, 2.45) is 5.14 Å². The first kappa shape index (κ1) is 15.8. The average Bonchev–Trinajstić information content (AvgIpc) is 3.05. The van der Waals surface area contributed by atoms with Crippen LogP contribution >= 0.6 is 0 Å². The summed E-state index contributed by atoms with van der Waals surface area (Å²) in [6.45, 7) is 0. The predicted molar refractivity (Wildman–Crippen MR) is 87.6 cm³/mol. The van der Waals surface area contributed by atoms with Gasteiger partial charge in [0.05, 0.1) is 10.6 Å². The lowest BCUT2D eigenvalue weighted by atomic mass is 10.2. The lowest BCUT2D eigenvalue weighted by Gasteiger charge is -2.04. The third kappa shape index (κ3) is 3.47. The van der Waals surface area contributed by atoms with Gasteiger partial charge in [-0.25, -0.2) is 13.6 Å². The van der Waals surface area contributed by atoms with Crippen LogP contribution in [0, 0.1) is 0 Å². The van der Waals surface area contributed by atoms with Crippen LogP contribution in [0.3, 0.4) is 0 Å². The molecular weight excluding hydrogens is 330 g/mol. The molecule has 2 heterocycles. The minimum atomic E-state index is -3.76. The van der Waals surface area contributed by atoms with E-state index >= 15 is 0 Å². The summed E-state index contributed by atoms with van der Waals surface area (Å²) in [5, 5.41) is 14.4. The number of aromatic amines is 1. The van der Waals surface area contributed by atoms with Crippen LogP contribution in [0.25, 0.3) is 11.4 Å². The van der Waals surface area contributed by atoms with E-state index in [0.29, 0.717) is 17.1 Å². The Morgan fingerprint density at radius 1 is 1.08 bits per heavy atom. The number of primary sulfonamides is 1. The molecule has 0 spiro atoms. The molecule has 4 N–H and O–H groups in total. The normalized spacial score (nSPS) is 11.2. The van der Waals surface area contributed by atoms with E-state index in [-0.39, 0.29) is 10.6 Å². The van der Waals surface area contributed by atoms with E-state index in [1.165, 1.54) is 24.3 Å². The molecule has 2 aromatic heterocycles. The second-order valence-electron chi connectivity index (χ2n) is 4.91. The van der Waals surface area contributed by atoms with Crippen LogP contribution in [0.4, 0.5) is 5.69 Å². The fourth-order valence-electron chi connectivity index (χ4n) is 2.01. The van der Waals surface area contributed by atoms with Crippen molar-refractivity contribution in [2.45, 2.75) is 4.90 Å². The molecule has 0 aliphatic carbocycles. The van der Waals surface area contributed by atoms with Crippen LogP contribution in [-0.4, -0.2) is 29.5 Å². The van der Waals surface area contributed by atoms with Gasteiger partial charge in [-0.15, -0.1) is 0 Å². The maximum atomic E-state index is 12.2. The molecular formula is C15H13N5O3S. The van der Waals surface area contributed by atoms with Crippen molar-refractivity contribution < 1.29 is 13.2 Å². The lowest BCUT2D eigenvalue weighted by Crippen LogP contribution is -2.14. The maximum Gasteiger partial charge on any atom is 0.273 e. The van der Waals surface area contributed by atoms with Gasteiger partial charge in [0.2, 0.25) is 10.0 Å². The number of carbonyl (C=O) groups is 1. The predicted octanol–water partition coefficient (Wildman–Crippen LogP) is 1.37. The Morgan fingerprint density at radius 3 is 2.46 bits per heavy atom. The number of hydrogen-bond donors (Lipinski definition) is 3. The standard InChI is InChI=1S/C15H13N5O3S/c16-24(22,23)11-6-4-10(5-7-11)18-15(21)14-9-13(19-20-14)12-3-1-2-8-17-12/h1-9H,(H,18,21)(H,19,20)(H2,16,22,23). The van der Waals surface area contributed by atoms with Gasteiger partial charge in [0.15, 0.2) is 0 Å². The van der Waals surface area contributed by atoms with Gasteiger partial charge in [-0.05, 0) is 42.5 Å². The number of aromatic nitrogens is 3. The second-order valence-corrected chi connectivity index (χ2v) is 6.47. The monoisotopic (exact) mass is 343 g/mol. The molecule has 0 saturated carbocycles. The van der Waals surface area contributed by atoms with Gasteiger partial charge in [-0.3, -0.25) is 14.9 Å². The van der Waals surface area contributed by atoms with Crippen molar-refractivity contribution in [3.8, 4) is 11.4 Å². The number of nitrogens with zero attached hydrogens (tertiary/aromatic N) is 2. The summed E-state index contributed by atoms with van der Waals surface area (Å²) < 4.78 is 22.4. The molecule has 122 valence electrons. The zero-order chi connectivity index (χ0) is 17.2. The first-order valence-corrected chi connectivity index (χ1v) is 8.39. The van der Waals surface area contributed by atoms with Crippen molar-refractivity contribution in [3.63, 3.8) is 0 Å². The second kappa shape index (κ2) is 6.22. The van der Waals surface area contributed by atoms with Gasteiger partial charge in [-0.2, -0.15) is 5.10 Å². The number of hydrogen-bond acceptors (Lipinski definition) is 5. The topological polar surface area (TPSA) is 131 Å². The number of rotatable bonds is 4. The molecule has 24 heavy (non-hydrogen) atoms. The largest absolute Gasteiger partial charge is 0.321 e. The van der Waals surface area contributed by atoms with E-state index in [2.05, 4.69) is 20.5 Å². The van der Waals surface area contributed by atoms with Crippen LogP contribution in [0.15, 0.2) is 59.6 Å². The molecule has 0 unspecified atom stereocenters. The van der Waals surface area contributed by atoms with Crippen molar-refractivity contribution in [2.75, 3.05) is 5.32 Å². The van der Waals surface area contributed by atoms with Crippen LogP contribution in [0.5, 0.6) is 0 Å². The van der Waals surface area contributed by atoms with Crippen LogP contribution < -0.4 is 10.5 Å². The third-order valence-electron chi connectivity index (χ3n) is 3.19. The SMILES string of the molecule is NS(=O)(=O)c1ccc(NC(=O)c2cc(-c3ccccn3)n[nH]2)cc1. The number of carbonyl (C=O) groups excluding carboxylic acids is 1. The highest BCUT2D eigenvalue weighted by Gasteiger charge is 2.13. The van der Waals surface area contributed by atoms with Gasteiger partial charge >= 0.3 is 0 Å². The van der Waals surface area contributed by atoms with Crippen LogP contribution in [0.1, 0.15) is 10.5 Å². The number of nitrogens with one attached hydrogen (secondary N) is 2. The Kier molecular flexibility index (Phi) is 4.11. The van der Waals surface area contributed by atoms with Crippen molar-refractivity contribution in [1.82, 2.24) is 15.2 Å². The fraction of sp³-hybridized carbons (Fsp3) is 0. The first-order valence-electron chi connectivity index (χ1n) is 6.84. The van der Waals surface area contributed by atoms with Crippen LogP contribution in [-0.2, 0) is 10.0 Å². The molecule has 1 aromatic carbocycles. The number of anilines is 1. The quantitative estimate of drug-likeness (QED) is 0.658. The van der Waals surface area contributed by atoms with E-state index < -0.39 is 15.9 Å². The minimum absolute atomic E-state index is 0.0283. The zero-order valence-electron chi connectivity index (χ0n) is 12.3. The van der Waals surface area contributed by atoms with Crippen molar-refractivity contribution in [3.05, 3.63) is 60.4 Å². The summed E-state index contributed by atoms with van der Waals surface area (Å²) in [7, 11) is -3.76. The summed E-state index contributed by atoms with van der Waals surface area (Å²) in [5.74, 6) is -0.409. The molecule has 8 nitrogen and oxygen atoms in total. The van der Waals surface area contributed by atoms with E-state index in [4.69, 9.17) is 5.14 Å². The number of nitrogens with two attached hydrogens (primary N) is 1. The van der Waals surface area contributed by atoms with Crippen LogP contribution in [0.2, 0.25) is 0 Å². The number of benzene rings is 1. The molecule has 3 aromatic rings. The van der Waals surface area contributed by atoms with E-state index in [1.807, 2.05) is 6.07 Å². The smallest absolute Gasteiger partial charge is 0.273 e. The fourth-order valence-corrected chi connectivity index (χ4v) is 2.53. The Bertz CT molecular complexity index is 966. The summed E-state index contributed by atoms with van der Waals surface area (Å²) in [6, 6.07) is 12.5. The molecule has 9 heteroatoms. The first-order chi connectivity index (χ1) is 11.4. The highest BCUT2D eigenvalue weighted by Crippen LogP contribution is 2.16. The van der Waals surface area contributed by atoms with E-state index in [9.17, 15) is 13.2 Å². The summed E-state index contributed by atoms with van der Waals surface area (Å²) in [4.78, 5) is 16.3. The molecule has 0 aliphatic rings.